The van der Waals surface area contributed by atoms with Gasteiger partial charge in [-0.1, -0.05) is 0 Å². The summed E-state index contributed by atoms with van der Waals surface area (Å²) in [6.07, 6.45) is 8.44. The second-order valence-electron chi connectivity index (χ2n) is 4.65. The number of amidine groups is 1. The Balaban J connectivity index is 1.59. The molecule has 3 heterocycles. The van der Waals surface area contributed by atoms with Gasteiger partial charge in [0.1, 0.15) is 0 Å². The van der Waals surface area contributed by atoms with Crippen LogP contribution in [0.2, 0.25) is 0 Å². The van der Waals surface area contributed by atoms with Crippen LogP contribution in [-0.4, -0.2) is 30.6 Å². The minimum Gasteiger partial charge on any atom is -0.373 e. The molecule has 78 valence electrons. The van der Waals surface area contributed by atoms with Gasteiger partial charge in [0.2, 0.25) is 0 Å². The third kappa shape index (κ3) is 1.54. The molecule has 2 bridgehead atoms. The second kappa shape index (κ2) is 3.54. The van der Waals surface area contributed by atoms with Crippen molar-refractivity contribution in [3.8, 4) is 0 Å². The topological polar surface area (TPSA) is 33.6 Å². The van der Waals surface area contributed by atoms with Gasteiger partial charge in [-0.25, -0.2) is 0 Å². The third-order valence-electron chi connectivity index (χ3n) is 3.58. The molecule has 3 rings (SSSR count). The van der Waals surface area contributed by atoms with E-state index >= 15 is 0 Å². The summed E-state index contributed by atoms with van der Waals surface area (Å²) in [5.74, 6) is 1.23. The lowest BCUT2D eigenvalue weighted by Gasteiger charge is -2.23. The van der Waals surface area contributed by atoms with Crippen molar-refractivity contribution < 1.29 is 4.74 Å². The summed E-state index contributed by atoms with van der Waals surface area (Å²) in [4.78, 5) is 4.53. The highest BCUT2D eigenvalue weighted by Gasteiger charge is 2.40. The zero-order valence-corrected chi connectivity index (χ0v) is 8.54. The summed E-state index contributed by atoms with van der Waals surface area (Å²) in [5.41, 5.74) is 0. The van der Waals surface area contributed by atoms with E-state index in [-0.39, 0.29) is 0 Å². The monoisotopic (exact) mass is 194 g/mol. The van der Waals surface area contributed by atoms with Gasteiger partial charge in [-0.05, 0) is 32.1 Å². The van der Waals surface area contributed by atoms with E-state index in [2.05, 4.69) is 10.3 Å². The first kappa shape index (κ1) is 8.72. The van der Waals surface area contributed by atoms with E-state index < -0.39 is 0 Å². The standard InChI is InChI=1S/C11H18N2O/c1-2-6-12-11(3-1)13-9-7-8-4-5-10(9)14-8/h8-10H,1-7H2,(H,12,13). The smallest absolute Gasteiger partial charge is 0.0966 e. The summed E-state index contributed by atoms with van der Waals surface area (Å²) in [7, 11) is 0. The Morgan fingerprint density at radius 3 is 2.93 bits per heavy atom. The zero-order valence-electron chi connectivity index (χ0n) is 8.54. The van der Waals surface area contributed by atoms with Gasteiger partial charge < -0.3 is 10.1 Å². The van der Waals surface area contributed by atoms with E-state index in [4.69, 9.17) is 4.74 Å². The van der Waals surface area contributed by atoms with Crippen LogP contribution >= 0.6 is 0 Å². The molecular formula is C11H18N2O. The molecular weight excluding hydrogens is 176 g/mol. The van der Waals surface area contributed by atoms with Crippen molar-refractivity contribution in [3.63, 3.8) is 0 Å². The van der Waals surface area contributed by atoms with E-state index in [1.165, 1.54) is 37.9 Å². The largest absolute Gasteiger partial charge is 0.373 e. The number of hydrogen-bond donors (Lipinski definition) is 1. The highest BCUT2D eigenvalue weighted by molar-refractivity contribution is 5.83. The van der Waals surface area contributed by atoms with Crippen LogP contribution in [0.5, 0.6) is 0 Å². The average molecular weight is 194 g/mol. The fraction of sp³-hybridized carbons (Fsp3) is 0.909. The molecule has 3 nitrogen and oxygen atoms in total. The third-order valence-corrected chi connectivity index (χ3v) is 3.58. The van der Waals surface area contributed by atoms with Gasteiger partial charge in [-0.3, -0.25) is 4.99 Å². The van der Waals surface area contributed by atoms with Gasteiger partial charge in [0, 0.05) is 13.0 Å². The number of nitrogens with zero attached hydrogens (tertiary/aromatic N) is 1. The maximum absolute atomic E-state index is 5.81. The first-order valence-corrected chi connectivity index (χ1v) is 5.87. The van der Waals surface area contributed by atoms with E-state index in [1.807, 2.05) is 0 Å². The second-order valence-corrected chi connectivity index (χ2v) is 4.65. The molecule has 0 aromatic rings. The fourth-order valence-corrected chi connectivity index (χ4v) is 2.82. The maximum Gasteiger partial charge on any atom is 0.0966 e. The maximum atomic E-state index is 5.81. The minimum atomic E-state index is 0.477. The van der Waals surface area contributed by atoms with Crippen LogP contribution in [-0.2, 0) is 4.74 Å². The Kier molecular flexibility index (Phi) is 2.20. The molecule has 3 atom stereocenters. The van der Waals surface area contributed by atoms with Crippen LogP contribution in [0.25, 0.3) is 0 Å². The van der Waals surface area contributed by atoms with E-state index in [1.54, 1.807) is 0 Å². The van der Waals surface area contributed by atoms with Crippen molar-refractivity contribution in [2.24, 2.45) is 4.99 Å². The van der Waals surface area contributed by atoms with Crippen molar-refractivity contribution in [1.82, 2.24) is 5.32 Å². The number of ether oxygens (including phenoxy) is 1. The number of hydrogen-bond acceptors (Lipinski definition) is 3. The Morgan fingerprint density at radius 1 is 1.29 bits per heavy atom. The lowest BCUT2D eigenvalue weighted by Crippen LogP contribution is -2.42. The molecule has 2 saturated heterocycles. The Labute approximate surface area is 84.9 Å². The van der Waals surface area contributed by atoms with Crippen molar-refractivity contribution in [2.75, 3.05) is 6.54 Å². The van der Waals surface area contributed by atoms with Crippen LogP contribution in [0.1, 0.15) is 38.5 Å². The van der Waals surface area contributed by atoms with E-state index in [0.29, 0.717) is 18.2 Å². The highest BCUT2D eigenvalue weighted by atomic mass is 16.5. The van der Waals surface area contributed by atoms with Crippen molar-refractivity contribution in [3.05, 3.63) is 0 Å². The lowest BCUT2D eigenvalue weighted by atomic mass is 9.95. The van der Waals surface area contributed by atoms with Gasteiger partial charge >= 0.3 is 0 Å². The molecule has 3 aliphatic heterocycles. The molecule has 0 aromatic heterocycles. The number of rotatable bonds is 1. The first-order valence-electron chi connectivity index (χ1n) is 5.87. The molecule has 1 N–H and O–H groups in total. The average Bonchev–Trinajstić information content (AvgIpc) is 2.81. The molecule has 0 aromatic carbocycles. The van der Waals surface area contributed by atoms with Crippen LogP contribution in [0.15, 0.2) is 4.99 Å². The van der Waals surface area contributed by atoms with Gasteiger partial charge in [0.15, 0.2) is 0 Å². The molecule has 14 heavy (non-hydrogen) atoms. The van der Waals surface area contributed by atoms with Crippen LogP contribution in [0.3, 0.4) is 0 Å². The molecule has 3 unspecified atom stereocenters. The Morgan fingerprint density at radius 2 is 2.29 bits per heavy atom. The molecule has 3 heteroatoms. The predicted octanol–water partition coefficient (Wildman–Crippen LogP) is 1.48. The number of aliphatic imine (C=N–C) groups is 1. The zero-order chi connectivity index (χ0) is 9.38. The summed E-state index contributed by atoms with van der Waals surface area (Å²) >= 11 is 0. The molecule has 0 amide bonds. The molecule has 0 saturated carbocycles. The van der Waals surface area contributed by atoms with Crippen molar-refractivity contribution >= 4 is 5.84 Å². The van der Waals surface area contributed by atoms with Crippen LogP contribution in [0, 0.1) is 0 Å². The summed E-state index contributed by atoms with van der Waals surface area (Å²) in [6.45, 7) is 1.02. The summed E-state index contributed by atoms with van der Waals surface area (Å²) in [6, 6.07) is 0.561. The first-order chi connectivity index (χ1) is 6.92. The van der Waals surface area contributed by atoms with Crippen LogP contribution < -0.4 is 5.32 Å². The van der Waals surface area contributed by atoms with Crippen molar-refractivity contribution in [2.45, 2.75) is 56.8 Å². The number of fused-ring (bicyclic) bond motifs is 2. The van der Waals surface area contributed by atoms with Crippen LogP contribution in [0.4, 0.5) is 0 Å². The van der Waals surface area contributed by atoms with E-state index in [9.17, 15) is 0 Å². The summed E-state index contributed by atoms with van der Waals surface area (Å²) < 4.78 is 5.81. The Hall–Kier alpha value is -0.570. The predicted molar refractivity (Wildman–Crippen MR) is 55.6 cm³/mol. The van der Waals surface area contributed by atoms with Gasteiger partial charge in [-0.2, -0.15) is 0 Å². The van der Waals surface area contributed by atoms with E-state index in [0.717, 1.165) is 13.0 Å². The fourth-order valence-electron chi connectivity index (χ4n) is 2.82. The molecule has 3 aliphatic rings. The quantitative estimate of drug-likeness (QED) is 0.686. The SMILES string of the molecule is C1CCC(NC2CC3CCC2O3)=NC1. The Bertz CT molecular complexity index is 252. The van der Waals surface area contributed by atoms with Crippen molar-refractivity contribution in [1.29, 1.82) is 0 Å². The lowest BCUT2D eigenvalue weighted by molar-refractivity contribution is 0.0992. The minimum absolute atomic E-state index is 0.477. The normalized spacial score (nSPS) is 41.1. The van der Waals surface area contributed by atoms with Gasteiger partial charge in [0.05, 0.1) is 24.1 Å². The summed E-state index contributed by atoms with van der Waals surface area (Å²) in [5, 5.41) is 3.57. The molecule has 0 spiro atoms. The van der Waals surface area contributed by atoms with Gasteiger partial charge in [0.25, 0.3) is 0 Å². The highest BCUT2D eigenvalue weighted by Crippen LogP contribution is 2.34. The number of nitrogens with one attached hydrogen (secondary N) is 1. The molecule has 0 radical (unpaired) electrons. The van der Waals surface area contributed by atoms with Gasteiger partial charge in [-0.15, -0.1) is 0 Å². The molecule has 0 aliphatic carbocycles. The molecule has 2 fully saturated rings.